The van der Waals surface area contributed by atoms with Crippen molar-refractivity contribution in [1.29, 1.82) is 0 Å². The standard InChI is InChI=1S/C22H22N2O5S2/c1-3-24(18-9-5-4-6-10-18)31(28,29)19-15-13-17(14-16-19)22(25)23-20-11-7-8-12-21(20)30(2,26)27/h4-16H,3H2,1-2H3,(H,23,25). The third-order valence-electron chi connectivity index (χ3n) is 4.57. The summed E-state index contributed by atoms with van der Waals surface area (Å²) < 4.78 is 51.2. The van der Waals surface area contributed by atoms with Crippen molar-refractivity contribution >= 4 is 37.1 Å². The van der Waals surface area contributed by atoms with E-state index in [0.29, 0.717) is 5.69 Å². The summed E-state index contributed by atoms with van der Waals surface area (Å²) in [6.07, 6.45) is 1.06. The van der Waals surface area contributed by atoms with Gasteiger partial charge in [-0.2, -0.15) is 0 Å². The molecule has 0 saturated heterocycles. The molecule has 7 nitrogen and oxygen atoms in total. The normalized spacial score (nSPS) is 11.7. The summed E-state index contributed by atoms with van der Waals surface area (Å²) in [5.74, 6) is -0.546. The van der Waals surface area contributed by atoms with E-state index in [1.807, 2.05) is 0 Å². The van der Waals surface area contributed by atoms with E-state index >= 15 is 0 Å². The van der Waals surface area contributed by atoms with Gasteiger partial charge in [-0.05, 0) is 55.5 Å². The molecule has 0 aliphatic carbocycles. The van der Waals surface area contributed by atoms with Gasteiger partial charge >= 0.3 is 0 Å². The predicted octanol–water partition coefficient (Wildman–Crippen LogP) is 3.56. The molecule has 0 bridgehead atoms. The number of nitrogens with zero attached hydrogens (tertiary/aromatic N) is 1. The SMILES string of the molecule is CCN(c1ccccc1)S(=O)(=O)c1ccc(C(=O)Nc2ccccc2S(C)(=O)=O)cc1. The van der Waals surface area contributed by atoms with E-state index in [1.54, 1.807) is 49.4 Å². The Hall–Kier alpha value is -3.17. The summed E-state index contributed by atoms with van der Waals surface area (Å²) >= 11 is 0. The number of rotatable bonds is 7. The lowest BCUT2D eigenvalue weighted by molar-refractivity contribution is 0.102. The Labute approximate surface area is 182 Å². The Morgan fingerprint density at radius 3 is 2.00 bits per heavy atom. The van der Waals surface area contributed by atoms with Crippen molar-refractivity contribution in [3.63, 3.8) is 0 Å². The molecule has 0 saturated carbocycles. The summed E-state index contributed by atoms with van der Waals surface area (Å²) in [5.41, 5.74) is 0.905. The average molecular weight is 459 g/mol. The maximum absolute atomic E-state index is 13.0. The highest BCUT2D eigenvalue weighted by atomic mass is 32.2. The smallest absolute Gasteiger partial charge is 0.264 e. The van der Waals surface area contributed by atoms with E-state index in [1.165, 1.54) is 40.7 Å². The highest BCUT2D eigenvalue weighted by Gasteiger charge is 2.24. The molecule has 0 unspecified atom stereocenters. The van der Waals surface area contributed by atoms with Crippen molar-refractivity contribution in [1.82, 2.24) is 0 Å². The Bertz CT molecular complexity index is 1290. The minimum Gasteiger partial charge on any atom is -0.321 e. The largest absolute Gasteiger partial charge is 0.321 e. The second-order valence-electron chi connectivity index (χ2n) is 6.75. The summed E-state index contributed by atoms with van der Waals surface area (Å²) in [4.78, 5) is 12.7. The summed E-state index contributed by atoms with van der Waals surface area (Å²) in [5, 5.41) is 2.57. The minimum absolute atomic E-state index is 0.00370. The lowest BCUT2D eigenvalue weighted by Crippen LogP contribution is -2.30. The monoisotopic (exact) mass is 458 g/mol. The van der Waals surface area contributed by atoms with E-state index in [4.69, 9.17) is 0 Å². The highest BCUT2D eigenvalue weighted by molar-refractivity contribution is 7.92. The number of benzene rings is 3. The van der Waals surface area contributed by atoms with Crippen LogP contribution in [0.5, 0.6) is 0 Å². The van der Waals surface area contributed by atoms with E-state index in [0.717, 1.165) is 6.26 Å². The molecule has 0 spiro atoms. The maximum atomic E-state index is 13.0. The Morgan fingerprint density at radius 2 is 1.42 bits per heavy atom. The van der Waals surface area contributed by atoms with Crippen molar-refractivity contribution in [3.8, 4) is 0 Å². The molecule has 1 amide bonds. The zero-order valence-electron chi connectivity index (χ0n) is 17.0. The fourth-order valence-corrected chi connectivity index (χ4v) is 5.40. The zero-order valence-corrected chi connectivity index (χ0v) is 18.7. The number of hydrogen-bond acceptors (Lipinski definition) is 5. The van der Waals surface area contributed by atoms with Gasteiger partial charge in [-0.25, -0.2) is 16.8 Å². The molecule has 0 radical (unpaired) electrons. The fraction of sp³-hybridized carbons (Fsp3) is 0.136. The van der Waals surface area contributed by atoms with Crippen LogP contribution < -0.4 is 9.62 Å². The first kappa shape index (κ1) is 22.5. The number of anilines is 2. The average Bonchev–Trinajstić information content (AvgIpc) is 2.74. The van der Waals surface area contributed by atoms with Gasteiger partial charge < -0.3 is 5.32 Å². The van der Waals surface area contributed by atoms with Gasteiger partial charge in [-0.15, -0.1) is 0 Å². The molecule has 0 fully saturated rings. The second kappa shape index (κ2) is 8.91. The number of sulfone groups is 1. The first-order valence-electron chi connectivity index (χ1n) is 9.43. The van der Waals surface area contributed by atoms with Crippen LogP contribution in [0.2, 0.25) is 0 Å². The van der Waals surface area contributed by atoms with Gasteiger partial charge in [-0.1, -0.05) is 30.3 Å². The first-order chi connectivity index (χ1) is 14.6. The molecule has 3 aromatic carbocycles. The van der Waals surface area contributed by atoms with Crippen molar-refractivity contribution in [2.75, 3.05) is 22.4 Å². The summed E-state index contributed by atoms with van der Waals surface area (Å²) in [6.45, 7) is 1.99. The highest BCUT2D eigenvalue weighted by Crippen LogP contribution is 2.24. The maximum Gasteiger partial charge on any atom is 0.264 e. The van der Waals surface area contributed by atoms with Crippen LogP contribution in [-0.2, 0) is 19.9 Å². The van der Waals surface area contributed by atoms with Crippen LogP contribution in [0, 0.1) is 0 Å². The van der Waals surface area contributed by atoms with Crippen LogP contribution in [0.3, 0.4) is 0 Å². The van der Waals surface area contributed by atoms with Gasteiger partial charge in [0.2, 0.25) is 0 Å². The van der Waals surface area contributed by atoms with Crippen LogP contribution in [0.4, 0.5) is 11.4 Å². The van der Waals surface area contributed by atoms with Crippen molar-refractivity contribution in [3.05, 3.63) is 84.4 Å². The topological polar surface area (TPSA) is 101 Å². The molecule has 31 heavy (non-hydrogen) atoms. The van der Waals surface area contributed by atoms with Crippen LogP contribution in [0.15, 0.2) is 88.7 Å². The molecule has 3 rings (SSSR count). The van der Waals surface area contributed by atoms with Crippen LogP contribution in [0.1, 0.15) is 17.3 Å². The Kier molecular flexibility index (Phi) is 6.47. The summed E-state index contributed by atoms with van der Waals surface area (Å²) in [7, 11) is -7.34. The zero-order chi connectivity index (χ0) is 22.6. The van der Waals surface area contributed by atoms with E-state index in [9.17, 15) is 21.6 Å². The van der Waals surface area contributed by atoms with Gasteiger partial charge in [0.1, 0.15) is 0 Å². The molecule has 162 valence electrons. The quantitative estimate of drug-likeness (QED) is 0.583. The summed E-state index contributed by atoms with van der Waals surface area (Å²) in [6, 6.07) is 20.3. The first-order valence-corrected chi connectivity index (χ1v) is 12.8. The second-order valence-corrected chi connectivity index (χ2v) is 10.6. The fourth-order valence-electron chi connectivity index (χ4n) is 3.08. The Balaban J connectivity index is 1.86. The number of para-hydroxylation sites is 2. The van der Waals surface area contributed by atoms with Crippen molar-refractivity contribution < 1.29 is 21.6 Å². The number of hydrogen-bond donors (Lipinski definition) is 1. The molecular formula is C22H22N2O5S2. The molecule has 9 heteroatoms. The minimum atomic E-state index is -3.81. The van der Waals surface area contributed by atoms with Gasteiger partial charge in [0, 0.05) is 18.4 Å². The third-order valence-corrected chi connectivity index (χ3v) is 7.64. The van der Waals surface area contributed by atoms with Gasteiger partial charge in [-0.3, -0.25) is 9.10 Å². The number of sulfonamides is 1. The van der Waals surface area contributed by atoms with Crippen molar-refractivity contribution in [2.45, 2.75) is 16.7 Å². The van der Waals surface area contributed by atoms with E-state index in [2.05, 4.69) is 5.32 Å². The molecule has 0 atom stereocenters. The van der Waals surface area contributed by atoms with Crippen molar-refractivity contribution in [2.24, 2.45) is 0 Å². The van der Waals surface area contributed by atoms with Crippen LogP contribution in [-0.4, -0.2) is 35.5 Å². The molecule has 1 N–H and O–H groups in total. The number of amides is 1. The molecule has 0 aliphatic heterocycles. The number of carbonyl (C=O) groups is 1. The number of carbonyl (C=O) groups excluding carboxylic acids is 1. The molecular weight excluding hydrogens is 436 g/mol. The molecule has 3 aromatic rings. The van der Waals surface area contributed by atoms with E-state index in [-0.39, 0.29) is 27.6 Å². The molecule has 0 aliphatic rings. The Morgan fingerprint density at radius 1 is 0.839 bits per heavy atom. The van der Waals surface area contributed by atoms with Gasteiger partial charge in [0.15, 0.2) is 9.84 Å². The lowest BCUT2D eigenvalue weighted by atomic mass is 10.2. The van der Waals surface area contributed by atoms with E-state index < -0.39 is 25.8 Å². The molecule has 0 heterocycles. The van der Waals surface area contributed by atoms with Gasteiger partial charge in [0.25, 0.3) is 15.9 Å². The number of nitrogens with one attached hydrogen (secondary N) is 1. The lowest BCUT2D eigenvalue weighted by Gasteiger charge is -2.23. The third kappa shape index (κ3) is 4.95. The van der Waals surface area contributed by atoms with Crippen LogP contribution >= 0.6 is 0 Å². The predicted molar refractivity (Wildman–Crippen MR) is 121 cm³/mol. The van der Waals surface area contributed by atoms with Gasteiger partial charge in [0.05, 0.1) is 21.2 Å². The molecule has 0 aromatic heterocycles. The van der Waals surface area contributed by atoms with Crippen LogP contribution in [0.25, 0.3) is 0 Å².